The summed E-state index contributed by atoms with van der Waals surface area (Å²) in [6, 6.07) is 0. The number of Topliss-reactive ketones (excluding diaryl/α,β-unsaturated/α-hetero) is 1. The molecule has 0 aromatic rings. The van der Waals surface area contributed by atoms with Gasteiger partial charge in [0.1, 0.15) is 0 Å². The number of methoxy groups -OCH3 is 3. The van der Waals surface area contributed by atoms with E-state index in [-0.39, 0.29) is 5.78 Å². The first kappa shape index (κ1) is 10.6. The van der Waals surface area contributed by atoms with Crippen LogP contribution in [0.3, 0.4) is 0 Å². The van der Waals surface area contributed by atoms with Gasteiger partial charge >= 0.3 is 5.97 Å². The molecule has 0 atom stereocenters. The molecule has 4 nitrogen and oxygen atoms in total. The van der Waals surface area contributed by atoms with Gasteiger partial charge in [0.25, 0.3) is 0 Å². The van der Waals surface area contributed by atoms with Crippen molar-refractivity contribution in [2.45, 2.75) is 19.3 Å². The summed E-state index contributed by atoms with van der Waals surface area (Å²) in [4.78, 5) is 11.2. The summed E-state index contributed by atoms with van der Waals surface area (Å²) in [5.41, 5.74) is 0. The van der Waals surface area contributed by atoms with Crippen molar-refractivity contribution in [2.24, 2.45) is 0 Å². The highest BCUT2D eigenvalue weighted by molar-refractivity contribution is 5.84. The minimum Gasteiger partial charge on any atom is -0.325 e. The van der Waals surface area contributed by atoms with E-state index in [1.54, 1.807) is 6.92 Å². The van der Waals surface area contributed by atoms with Crippen LogP contribution >= 0.6 is 0 Å². The number of carbonyl (C=O) groups is 1. The largest absolute Gasteiger partial charge is 0.345 e. The second kappa shape index (κ2) is 4.43. The third-order valence-electron chi connectivity index (χ3n) is 1.47. The van der Waals surface area contributed by atoms with Gasteiger partial charge in [-0.2, -0.15) is 0 Å². The summed E-state index contributed by atoms with van der Waals surface area (Å²) in [5.74, 6) is -1.74. The van der Waals surface area contributed by atoms with Gasteiger partial charge in [-0.3, -0.25) is 4.79 Å². The molecule has 0 bridgehead atoms. The molecule has 0 aromatic heterocycles. The standard InChI is InChI=1S/C7H14O4/c1-5-6(8)7(9-2,10-3)11-4/h5H2,1-4H3. The first-order valence-corrected chi connectivity index (χ1v) is 3.35. The van der Waals surface area contributed by atoms with E-state index in [0.29, 0.717) is 6.42 Å². The van der Waals surface area contributed by atoms with Gasteiger partial charge in [0, 0.05) is 27.8 Å². The predicted molar refractivity (Wildman–Crippen MR) is 39.1 cm³/mol. The Balaban J connectivity index is 4.39. The van der Waals surface area contributed by atoms with E-state index in [0.717, 1.165) is 0 Å². The topological polar surface area (TPSA) is 44.8 Å². The van der Waals surface area contributed by atoms with Crippen LogP contribution in [0.5, 0.6) is 0 Å². The normalized spacial score (nSPS) is 11.6. The van der Waals surface area contributed by atoms with Crippen LogP contribution < -0.4 is 0 Å². The maximum Gasteiger partial charge on any atom is 0.345 e. The molecule has 0 rings (SSSR count). The highest BCUT2D eigenvalue weighted by Crippen LogP contribution is 2.14. The van der Waals surface area contributed by atoms with Gasteiger partial charge < -0.3 is 14.2 Å². The predicted octanol–water partition coefficient (Wildman–Crippen LogP) is 0.558. The molecule has 0 unspecified atom stereocenters. The number of carbonyl (C=O) groups excluding carboxylic acids is 1. The first-order chi connectivity index (χ1) is 5.16. The molecule has 0 aliphatic rings. The molecule has 0 amide bonds. The van der Waals surface area contributed by atoms with Crippen molar-refractivity contribution in [3.05, 3.63) is 0 Å². The van der Waals surface area contributed by atoms with Crippen molar-refractivity contribution in [3.8, 4) is 0 Å². The number of hydrogen-bond donors (Lipinski definition) is 0. The third-order valence-corrected chi connectivity index (χ3v) is 1.47. The molecule has 0 N–H and O–H groups in total. The van der Waals surface area contributed by atoms with E-state index in [9.17, 15) is 4.79 Å². The van der Waals surface area contributed by atoms with Gasteiger partial charge in [-0.1, -0.05) is 6.92 Å². The van der Waals surface area contributed by atoms with Crippen LogP contribution in [-0.2, 0) is 19.0 Å². The van der Waals surface area contributed by atoms with Gasteiger partial charge in [0.05, 0.1) is 0 Å². The van der Waals surface area contributed by atoms with E-state index in [1.165, 1.54) is 21.3 Å². The van der Waals surface area contributed by atoms with Gasteiger partial charge in [-0.05, 0) is 0 Å². The lowest BCUT2D eigenvalue weighted by molar-refractivity contribution is -0.325. The summed E-state index contributed by atoms with van der Waals surface area (Å²) in [7, 11) is 4.08. The van der Waals surface area contributed by atoms with Gasteiger partial charge in [-0.15, -0.1) is 0 Å². The van der Waals surface area contributed by atoms with E-state index >= 15 is 0 Å². The van der Waals surface area contributed by atoms with Gasteiger partial charge in [-0.25, -0.2) is 0 Å². The molecule has 0 fully saturated rings. The maximum atomic E-state index is 11.2. The second-order valence-corrected chi connectivity index (χ2v) is 1.95. The molecule has 0 radical (unpaired) electrons. The summed E-state index contributed by atoms with van der Waals surface area (Å²) >= 11 is 0. The van der Waals surface area contributed by atoms with Crippen molar-refractivity contribution in [3.63, 3.8) is 0 Å². The van der Waals surface area contributed by atoms with Crippen LogP contribution in [0.1, 0.15) is 13.3 Å². The number of ketones is 1. The Morgan fingerprint density at radius 2 is 1.55 bits per heavy atom. The van der Waals surface area contributed by atoms with E-state index in [4.69, 9.17) is 14.2 Å². The molecule has 66 valence electrons. The smallest absolute Gasteiger partial charge is 0.325 e. The fourth-order valence-electron chi connectivity index (χ4n) is 0.808. The van der Waals surface area contributed by atoms with Gasteiger partial charge in [0.15, 0.2) is 0 Å². The van der Waals surface area contributed by atoms with Crippen molar-refractivity contribution in [1.29, 1.82) is 0 Å². The molecular formula is C7H14O4. The van der Waals surface area contributed by atoms with Crippen LogP contribution in [-0.4, -0.2) is 33.1 Å². The summed E-state index contributed by atoms with van der Waals surface area (Å²) in [5, 5.41) is 0. The van der Waals surface area contributed by atoms with Crippen molar-refractivity contribution >= 4 is 5.78 Å². The summed E-state index contributed by atoms with van der Waals surface area (Å²) in [6.07, 6.45) is 0.315. The minimum absolute atomic E-state index is 0.231. The highest BCUT2D eigenvalue weighted by Gasteiger charge is 2.37. The number of rotatable bonds is 5. The molecule has 0 aliphatic carbocycles. The molecule has 0 spiro atoms. The average Bonchev–Trinajstić information content (AvgIpc) is 2.08. The fourth-order valence-corrected chi connectivity index (χ4v) is 0.808. The molecular weight excluding hydrogens is 148 g/mol. The monoisotopic (exact) mass is 162 g/mol. The fraction of sp³-hybridized carbons (Fsp3) is 0.857. The summed E-state index contributed by atoms with van der Waals surface area (Å²) < 4.78 is 14.4. The quantitative estimate of drug-likeness (QED) is 0.554. The Morgan fingerprint density at radius 1 is 1.18 bits per heavy atom. The zero-order valence-corrected chi connectivity index (χ0v) is 7.34. The van der Waals surface area contributed by atoms with Crippen molar-refractivity contribution < 1.29 is 19.0 Å². The first-order valence-electron chi connectivity index (χ1n) is 3.35. The highest BCUT2D eigenvalue weighted by atomic mass is 16.9. The lowest BCUT2D eigenvalue weighted by Crippen LogP contribution is -2.44. The van der Waals surface area contributed by atoms with Crippen LogP contribution in [0, 0.1) is 0 Å². The molecule has 0 saturated heterocycles. The maximum absolute atomic E-state index is 11.2. The van der Waals surface area contributed by atoms with Crippen LogP contribution in [0.25, 0.3) is 0 Å². The molecule has 0 aliphatic heterocycles. The van der Waals surface area contributed by atoms with Crippen LogP contribution in [0.2, 0.25) is 0 Å². The van der Waals surface area contributed by atoms with E-state index in [1.807, 2.05) is 0 Å². The zero-order chi connectivity index (χ0) is 8.91. The Hall–Kier alpha value is -0.450. The second-order valence-electron chi connectivity index (χ2n) is 1.95. The Bertz CT molecular complexity index is 120. The molecule has 4 heteroatoms. The molecule has 0 aromatic carbocycles. The Morgan fingerprint density at radius 3 is 1.64 bits per heavy atom. The third kappa shape index (κ3) is 1.99. The van der Waals surface area contributed by atoms with E-state index in [2.05, 4.69) is 0 Å². The van der Waals surface area contributed by atoms with Gasteiger partial charge in [0.2, 0.25) is 5.78 Å². The SMILES string of the molecule is CCC(=O)C(OC)(OC)OC. The Labute approximate surface area is 66.4 Å². The van der Waals surface area contributed by atoms with E-state index < -0.39 is 5.97 Å². The molecule has 0 heterocycles. The van der Waals surface area contributed by atoms with Crippen molar-refractivity contribution in [2.75, 3.05) is 21.3 Å². The summed E-state index contributed by atoms with van der Waals surface area (Å²) in [6.45, 7) is 1.72. The van der Waals surface area contributed by atoms with Crippen LogP contribution in [0.4, 0.5) is 0 Å². The lowest BCUT2D eigenvalue weighted by atomic mass is 10.2. The minimum atomic E-state index is -1.51. The average molecular weight is 162 g/mol. The lowest BCUT2D eigenvalue weighted by Gasteiger charge is -2.26. The van der Waals surface area contributed by atoms with Crippen LogP contribution in [0.15, 0.2) is 0 Å². The Kier molecular flexibility index (Phi) is 4.25. The molecule has 0 saturated carbocycles. The molecule has 11 heavy (non-hydrogen) atoms. The number of hydrogen-bond acceptors (Lipinski definition) is 4. The number of ether oxygens (including phenoxy) is 3. The zero-order valence-electron chi connectivity index (χ0n) is 7.34. The van der Waals surface area contributed by atoms with Crippen molar-refractivity contribution in [1.82, 2.24) is 0 Å².